The van der Waals surface area contributed by atoms with E-state index in [2.05, 4.69) is 58.1 Å². The van der Waals surface area contributed by atoms with Crippen LogP contribution in [-0.4, -0.2) is 248 Å². The highest BCUT2D eigenvalue weighted by molar-refractivity contribution is 5.87. The number of ether oxygens (including phenoxy) is 6. The van der Waals surface area contributed by atoms with Crippen LogP contribution in [0, 0.1) is 29.1 Å². The molecule has 1 aliphatic heterocycles. The lowest BCUT2D eigenvalue weighted by Gasteiger charge is -2.33. The van der Waals surface area contributed by atoms with Gasteiger partial charge in [0.2, 0.25) is 35.4 Å². The van der Waals surface area contributed by atoms with Crippen LogP contribution >= 0.6 is 0 Å². The van der Waals surface area contributed by atoms with Gasteiger partial charge in [0.15, 0.2) is 0 Å². The van der Waals surface area contributed by atoms with E-state index in [1.807, 2.05) is 55.4 Å². The molecule has 1 aliphatic rings. The molecule has 1 saturated heterocycles. The number of esters is 6. The largest absolute Gasteiger partial charge is 0.464 e. The van der Waals surface area contributed by atoms with Crippen LogP contribution in [0.2, 0.25) is 0 Å². The molecular formula is C103H189N11O21. The molecule has 1 heterocycles. The van der Waals surface area contributed by atoms with Crippen molar-refractivity contribution in [2.45, 2.75) is 427 Å². The summed E-state index contributed by atoms with van der Waals surface area (Å²) in [6, 6.07) is -3.83. The van der Waals surface area contributed by atoms with E-state index in [1.165, 1.54) is 0 Å². The van der Waals surface area contributed by atoms with Gasteiger partial charge in [-0.1, -0.05) is 158 Å². The van der Waals surface area contributed by atoms with Gasteiger partial charge in [-0.2, -0.15) is 0 Å². The van der Waals surface area contributed by atoms with Crippen molar-refractivity contribution in [1.82, 2.24) is 58.1 Å². The zero-order chi connectivity index (χ0) is 99.9. The number of aliphatic hydroxyl groups is 1. The number of ketones is 2. The zero-order valence-electron chi connectivity index (χ0n) is 86.0. The van der Waals surface area contributed by atoms with Crippen molar-refractivity contribution in [3.05, 3.63) is 0 Å². The first-order chi connectivity index (χ1) is 64.8. The number of nitrogens with one attached hydrogen (secondary N) is 10. The Morgan fingerprint density at radius 3 is 0.748 bits per heavy atom. The van der Waals surface area contributed by atoms with E-state index in [-0.39, 0.29) is 129 Å². The normalized spacial score (nSPS) is 13.8. The van der Waals surface area contributed by atoms with Crippen LogP contribution in [0.1, 0.15) is 390 Å². The van der Waals surface area contributed by atoms with Gasteiger partial charge >= 0.3 is 35.8 Å². The van der Waals surface area contributed by atoms with Gasteiger partial charge in [0.25, 0.3) is 0 Å². The first kappa shape index (κ1) is 126. The molecule has 0 saturated carbocycles. The van der Waals surface area contributed by atoms with Gasteiger partial charge in [0.05, 0.1) is 33.0 Å². The van der Waals surface area contributed by atoms with E-state index in [9.17, 15) is 72.2 Å². The minimum Gasteiger partial charge on any atom is -0.464 e. The number of Topliss-reactive ketones (excluding diaryl/α,β-unsaturated/α-hetero) is 2. The third kappa shape index (κ3) is 73.6. The first-order valence-electron chi connectivity index (χ1n) is 52.6. The molecule has 1 rings (SSSR count). The summed E-state index contributed by atoms with van der Waals surface area (Å²) in [5, 5.41) is 41.1. The Morgan fingerprint density at radius 2 is 0.511 bits per heavy atom. The van der Waals surface area contributed by atoms with Gasteiger partial charge in [-0.15, -0.1) is 0 Å². The maximum atomic E-state index is 13.1. The molecule has 0 aromatic heterocycles. The fourth-order valence-electron chi connectivity index (χ4n) is 16.0. The number of likely N-dealkylation sites (N-methyl/N-ethyl adjacent to an activating group) is 2. The number of carbonyl (C=O) groups excluding carboxylic acids is 14. The van der Waals surface area contributed by atoms with Crippen molar-refractivity contribution < 1.29 is 101 Å². The zero-order valence-corrected chi connectivity index (χ0v) is 86.0. The van der Waals surface area contributed by atoms with Crippen molar-refractivity contribution in [3.8, 4) is 0 Å². The number of aliphatic hydroxyl groups excluding tert-OH is 1. The fraction of sp³-hybridized carbons (Fsp3) is 0.864. The fourth-order valence-corrected chi connectivity index (χ4v) is 16.0. The average molecular weight is 1920 g/mol. The molecule has 135 heavy (non-hydrogen) atoms. The standard InChI is InChI=1S/C103H189N11O21/c1-79(2)71-87(110-93(120)55-37-25-15-13-21-33-49-83(9)116)99(126)130-65-45-29-31-47-67-132-101(128)89(73-81(5)6)112-95(122)57-39-27-19-17-23-35-53-91(118)108-59-43-41-51-85(104-11)97(124)134-69-61-106-75-103(78-115,77-114-63-64-114)76-107-62-70-135-98(125)86(105-12)52-42-44-60-109-92(119)54-36-24-18-20-28-40-58-96(123)113-90(74-82(7)8)102(129)133-68-48-32-30-46-66-131-100(127)88(72-80(3)4)111-94(121)56-38-26-16-14-22-34-50-84(10)117/h79-82,85-90,104-107,115H,13-78H2,1-12H3,(H,108,118)(H,109,119)(H,110,120)(H,111,121)(H,112,122)(H,113,123). The summed E-state index contributed by atoms with van der Waals surface area (Å²) < 4.78 is 33.6. The van der Waals surface area contributed by atoms with Crippen LogP contribution < -0.4 is 53.2 Å². The Labute approximate surface area is 812 Å². The van der Waals surface area contributed by atoms with E-state index in [0.29, 0.717) is 200 Å². The SMILES string of the molecule is CNC(CCCCNC(=O)CCCCCCCCC(=O)NC(CC(C)C)C(=O)OCCCCCCOC(=O)C(CC(C)C)NC(=O)CCCCCCCCC(C)=O)C(=O)OCCNCC(CO)(CNCCOC(=O)C(CCCCNC(=O)CCCCCCCCC(=O)NC(CC(C)C)C(=O)OCCCCCCOC(=O)C(CC(C)C)NC(=O)CCCCCCCCC(C)=O)NC)CN1CC1. The van der Waals surface area contributed by atoms with Crippen molar-refractivity contribution in [2.24, 2.45) is 29.1 Å². The quantitative estimate of drug-likeness (QED) is 0.0117. The molecule has 782 valence electrons. The molecule has 0 radical (unpaired) electrons. The summed E-state index contributed by atoms with van der Waals surface area (Å²) in [6.07, 6.45) is 36.3. The molecule has 0 aliphatic carbocycles. The molecule has 1 fully saturated rings. The number of hydrogen-bond acceptors (Lipinski definition) is 26. The van der Waals surface area contributed by atoms with Gasteiger partial charge in [-0.25, -0.2) is 19.2 Å². The smallest absolute Gasteiger partial charge is 0.328 e. The third-order valence-corrected chi connectivity index (χ3v) is 24.1. The topological polar surface area (TPSA) is 438 Å². The molecule has 0 bridgehead atoms. The third-order valence-electron chi connectivity index (χ3n) is 24.1. The van der Waals surface area contributed by atoms with Gasteiger partial charge in [0.1, 0.15) is 61.0 Å². The van der Waals surface area contributed by atoms with E-state index in [4.69, 9.17) is 28.4 Å². The Kier molecular flexibility index (Phi) is 77.0. The Balaban J connectivity index is 2.22. The minimum atomic E-state index is -0.725. The second-order valence-electron chi connectivity index (χ2n) is 39.4. The first-order valence-corrected chi connectivity index (χ1v) is 52.6. The minimum absolute atomic E-state index is 0.00745. The molecule has 32 nitrogen and oxygen atoms in total. The number of hydrogen-bond donors (Lipinski definition) is 11. The highest BCUT2D eigenvalue weighted by atomic mass is 16.6. The molecule has 11 N–H and O–H groups in total. The van der Waals surface area contributed by atoms with E-state index in [1.54, 1.807) is 27.9 Å². The summed E-state index contributed by atoms with van der Waals surface area (Å²) >= 11 is 0. The maximum Gasteiger partial charge on any atom is 0.328 e. The second-order valence-corrected chi connectivity index (χ2v) is 39.4. The van der Waals surface area contributed by atoms with Crippen molar-refractivity contribution in [2.75, 3.05) is 119 Å². The lowest BCUT2D eigenvalue weighted by molar-refractivity contribution is -0.149. The summed E-state index contributed by atoms with van der Waals surface area (Å²) in [6.45, 7) is 25.6. The monoisotopic (exact) mass is 1920 g/mol. The van der Waals surface area contributed by atoms with Crippen LogP contribution in [0.15, 0.2) is 0 Å². The molecule has 0 spiro atoms. The van der Waals surface area contributed by atoms with Gasteiger partial charge < -0.3 is 101 Å². The molecule has 6 unspecified atom stereocenters. The Morgan fingerprint density at radius 1 is 0.281 bits per heavy atom. The van der Waals surface area contributed by atoms with Crippen molar-refractivity contribution in [1.29, 1.82) is 0 Å². The molecule has 32 heteroatoms. The Bertz CT molecular complexity index is 3020. The maximum absolute atomic E-state index is 13.1. The van der Waals surface area contributed by atoms with Crippen LogP contribution in [0.3, 0.4) is 0 Å². The lowest BCUT2D eigenvalue weighted by Crippen LogP contribution is -2.50. The van der Waals surface area contributed by atoms with Crippen molar-refractivity contribution >= 4 is 82.8 Å². The van der Waals surface area contributed by atoms with Gasteiger partial charge in [0, 0.05) is 116 Å². The van der Waals surface area contributed by atoms with Crippen LogP contribution in [0.5, 0.6) is 0 Å². The van der Waals surface area contributed by atoms with E-state index < -0.39 is 65.5 Å². The molecular weight excluding hydrogens is 1730 g/mol. The number of nitrogens with zero attached hydrogens (tertiary/aromatic N) is 1. The molecule has 0 aromatic rings. The molecule has 6 amide bonds. The summed E-state index contributed by atoms with van der Waals surface area (Å²) in [7, 11) is 3.44. The predicted octanol–water partition coefficient (Wildman–Crippen LogP) is 13.4. The highest BCUT2D eigenvalue weighted by Gasteiger charge is 2.36. The van der Waals surface area contributed by atoms with Crippen LogP contribution in [0.25, 0.3) is 0 Å². The molecule has 0 aromatic carbocycles. The molecule has 6 atom stereocenters. The predicted molar refractivity (Wildman–Crippen MR) is 528 cm³/mol. The number of amides is 6. The number of rotatable bonds is 93. The lowest BCUT2D eigenvalue weighted by atomic mass is 9.88. The van der Waals surface area contributed by atoms with Gasteiger partial charge in [-0.05, 0) is 219 Å². The highest BCUT2D eigenvalue weighted by Crippen LogP contribution is 2.23. The van der Waals surface area contributed by atoms with Crippen LogP contribution in [0.4, 0.5) is 0 Å². The second kappa shape index (κ2) is 82.6. The summed E-state index contributed by atoms with van der Waals surface area (Å²) in [5.41, 5.74) is -0.534. The van der Waals surface area contributed by atoms with Crippen molar-refractivity contribution in [3.63, 3.8) is 0 Å². The number of carbonyl (C=O) groups is 14. The summed E-state index contributed by atoms with van der Waals surface area (Å²) in [5.74, 6) is -1.96. The Hall–Kier alpha value is -7.26. The van der Waals surface area contributed by atoms with E-state index >= 15 is 0 Å². The van der Waals surface area contributed by atoms with E-state index in [0.717, 1.165) is 180 Å². The average Bonchev–Trinajstić information content (AvgIpc) is 1.71. The summed E-state index contributed by atoms with van der Waals surface area (Å²) in [4.78, 5) is 179. The van der Waals surface area contributed by atoms with Crippen LogP contribution in [-0.2, 0) is 95.5 Å². The number of unbranched alkanes of at least 4 members (excludes halogenated alkanes) is 28. The van der Waals surface area contributed by atoms with Gasteiger partial charge in [-0.3, -0.25) is 38.4 Å².